The minimum absolute atomic E-state index is 0.0171. The van der Waals surface area contributed by atoms with Crippen LogP contribution in [-0.4, -0.2) is 23.3 Å². The molecule has 1 heterocycles. The molecule has 0 aromatic carbocycles. The maximum atomic E-state index is 13.2. The Balaban J connectivity index is 1.48. The fourth-order valence-electron chi connectivity index (χ4n) is 9.88. The number of aliphatic hydroxyl groups excluding tert-OH is 1. The molecule has 0 bridgehead atoms. The zero-order valence-electron chi connectivity index (χ0n) is 23.0. The zero-order chi connectivity index (χ0) is 24.8. The second-order valence-corrected chi connectivity index (χ2v) is 14.2. The van der Waals surface area contributed by atoms with Gasteiger partial charge in [0.05, 0.1) is 12.0 Å². The standard InChI is InChI=1S/C31H48O3/c1-18(2)19(3)24-17-20(27(33)34-24)21-11-15-31(8)23-9-10-25-28(4,5)26(32)13-14-29(25,6)22(23)12-16-30(21,31)7/h20-21,24-26,32H,9-17H2,1-8H3/t20-,21+,24+,25-,26-,29+,30+,31-/m0/s1. The molecule has 5 aliphatic rings. The number of allylic oxidation sites excluding steroid dienone is 3. The van der Waals surface area contributed by atoms with Crippen molar-refractivity contribution in [1.82, 2.24) is 0 Å². The maximum Gasteiger partial charge on any atom is 0.309 e. The predicted octanol–water partition coefficient (Wildman–Crippen LogP) is 7.38. The Labute approximate surface area is 207 Å². The smallest absolute Gasteiger partial charge is 0.309 e. The molecular formula is C31H48O3. The van der Waals surface area contributed by atoms with Gasteiger partial charge in [0.1, 0.15) is 6.10 Å². The van der Waals surface area contributed by atoms with Gasteiger partial charge < -0.3 is 9.84 Å². The molecule has 8 atom stereocenters. The van der Waals surface area contributed by atoms with Gasteiger partial charge in [-0.15, -0.1) is 0 Å². The van der Waals surface area contributed by atoms with Crippen molar-refractivity contribution in [1.29, 1.82) is 0 Å². The van der Waals surface area contributed by atoms with Crippen molar-refractivity contribution in [3.63, 3.8) is 0 Å². The highest BCUT2D eigenvalue weighted by Gasteiger charge is 2.65. The Bertz CT molecular complexity index is 952. The average Bonchev–Trinajstić information content (AvgIpc) is 3.27. The van der Waals surface area contributed by atoms with Crippen molar-refractivity contribution in [2.24, 2.45) is 39.4 Å². The highest BCUT2D eigenvalue weighted by molar-refractivity contribution is 5.76. The third-order valence-electron chi connectivity index (χ3n) is 12.6. The number of rotatable bonds is 2. The van der Waals surface area contributed by atoms with E-state index in [0.717, 1.165) is 25.7 Å². The monoisotopic (exact) mass is 468 g/mol. The number of aliphatic hydroxyl groups is 1. The third-order valence-corrected chi connectivity index (χ3v) is 12.6. The topological polar surface area (TPSA) is 46.5 Å². The molecule has 3 heteroatoms. The lowest BCUT2D eigenvalue weighted by atomic mass is 9.43. The second kappa shape index (κ2) is 7.70. The van der Waals surface area contributed by atoms with Crippen LogP contribution in [0.15, 0.2) is 22.3 Å². The molecule has 5 rings (SSSR count). The lowest BCUT2D eigenvalue weighted by molar-refractivity contribution is -0.146. The highest BCUT2D eigenvalue weighted by atomic mass is 16.6. The van der Waals surface area contributed by atoms with Crippen LogP contribution in [0.3, 0.4) is 0 Å². The molecule has 4 aliphatic carbocycles. The molecule has 0 unspecified atom stereocenters. The van der Waals surface area contributed by atoms with Gasteiger partial charge in [0.25, 0.3) is 0 Å². The summed E-state index contributed by atoms with van der Waals surface area (Å²) in [5.41, 5.74) is 6.56. The molecule has 1 saturated heterocycles. The SMILES string of the molecule is CC(C)=C(C)[C@H]1C[C@@H]([C@H]2CC[C@@]3(C)C4=C(CC[C@]23C)[C@@]2(C)CC[C@H](O)C(C)(C)[C@@H]2CC4)C(=O)O1. The molecule has 0 aromatic rings. The number of fused-ring (bicyclic) bond motifs is 4. The quantitative estimate of drug-likeness (QED) is 0.339. The van der Waals surface area contributed by atoms with E-state index in [1.165, 1.54) is 43.3 Å². The van der Waals surface area contributed by atoms with Gasteiger partial charge in [-0.1, -0.05) is 51.3 Å². The predicted molar refractivity (Wildman–Crippen MR) is 137 cm³/mol. The summed E-state index contributed by atoms with van der Waals surface area (Å²) in [5.74, 6) is 1.08. The van der Waals surface area contributed by atoms with Gasteiger partial charge >= 0.3 is 5.97 Å². The fourth-order valence-corrected chi connectivity index (χ4v) is 9.88. The first kappa shape index (κ1) is 24.6. The Morgan fingerprint density at radius 1 is 0.912 bits per heavy atom. The molecule has 3 nitrogen and oxygen atoms in total. The van der Waals surface area contributed by atoms with Gasteiger partial charge in [0, 0.05) is 6.42 Å². The maximum absolute atomic E-state index is 13.2. The summed E-state index contributed by atoms with van der Waals surface area (Å²) in [6.45, 7) is 18.6. The Hall–Kier alpha value is -1.09. The normalized spacial score (nSPS) is 47.6. The van der Waals surface area contributed by atoms with Crippen molar-refractivity contribution in [2.75, 3.05) is 0 Å². The largest absolute Gasteiger partial charge is 0.458 e. The third kappa shape index (κ3) is 3.07. The summed E-state index contributed by atoms with van der Waals surface area (Å²) in [6, 6.07) is 0. The van der Waals surface area contributed by atoms with E-state index in [0.29, 0.717) is 11.8 Å². The van der Waals surface area contributed by atoms with Gasteiger partial charge in [-0.3, -0.25) is 4.79 Å². The molecule has 0 amide bonds. The lowest BCUT2D eigenvalue weighted by Gasteiger charge is -2.62. The first-order valence-electron chi connectivity index (χ1n) is 14.0. The van der Waals surface area contributed by atoms with Gasteiger partial charge in [-0.25, -0.2) is 0 Å². The number of esters is 1. The van der Waals surface area contributed by atoms with E-state index in [-0.39, 0.29) is 45.8 Å². The lowest BCUT2D eigenvalue weighted by Crippen LogP contribution is -2.55. The summed E-state index contributed by atoms with van der Waals surface area (Å²) in [7, 11) is 0. The van der Waals surface area contributed by atoms with Gasteiger partial charge in [-0.2, -0.15) is 0 Å². The molecule has 3 fully saturated rings. The van der Waals surface area contributed by atoms with Crippen LogP contribution in [0.5, 0.6) is 0 Å². The van der Waals surface area contributed by atoms with Gasteiger partial charge in [0.15, 0.2) is 0 Å². The summed E-state index contributed by atoms with van der Waals surface area (Å²) in [6.07, 6.45) is 9.79. The van der Waals surface area contributed by atoms with E-state index in [4.69, 9.17) is 4.74 Å². The van der Waals surface area contributed by atoms with Crippen LogP contribution < -0.4 is 0 Å². The molecule has 34 heavy (non-hydrogen) atoms. The van der Waals surface area contributed by atoms with Gasteiger partial charge in [0.2, 0.25) is 0 Å². The van der Waals surface area contributed by atoms with Crippen molar-refractivity contribution < 1.29 is 14.6 Å². The summed E-state index contributed by atoms with van der Waals surface area (Å²) in [4.78, 5) is 13.2. The van der Waals surface area contributed by atoms with Crippen molar-refractivity contribution in [2.45, 2.75) is 125 Å². The molecule has 1 N–H and O–H groups in total. The van der Waals surface area contributed by atoms with Crippen LogP contribution in [0.4, 0.5) is 0 Å². The van der Waals surface area contributed by atoms with Crippen LogP contribution in [0.2, 0.25) is 0 Å². The molecule has 0 aromatic heterocycles. The van der Waals surface area contributed by atoms with Crippen LogP contribution >= 0.6 is 0 Å². The van der Waals surface area contributed by atoms with Crippen molar-refractivity contribution >= 4 is 5.97 Å². The summed E-state index contributed by atoms with van der Waals surface area (Å²) < 4.78 is 5.96. The Morgan fingerprint density at radius 2 is 1.62 bits per heavy atom. The number of cyclic esters (lactones) is 1. The van der Waals surface area contributed by atoms with E-state index < -0.39 is 0 Å². The van der Waals surface area contributed by atoms with E-state index >= 15 is 0 Å². The van der Waals surface area contributed by atoms with Crippen LogP contribution in [0.1, 0.15) is 113 Å². The zero-order valence-corrected chi connectivity index (χ0v) is 23.0. The first-order valence-corrected chi connectivity index (χ1v) is 14.0. The molecule has 0 spiro atoms. The van der Waals surface area contributed by atoms with Crippen molar-refractivity contribution in [3.8, 4) is 0 Å². The fraction of sp³-hybridized carbons (Fsp3) is 0.839. The van der Waals surface area contributed by atoms with Crippen LogP contribution in [0, 0.1) is 39.4 Å². The molecular weight excluding hydrogens is 420 g/mol. The van der Waals surface area contributed by atoms with E-state index in [1.807, 2.05) is 0 Å². The second-order valence-electron chi connectivity index (χ2n) is 14.2. The number of hydrogen-bond acceptors (Lipinski definition) is 3. The molecule has 2 saturated carbocycles. The van der Waals surface area contributed by atoms with Gasteiger partial charge in [-0.05, 0) is 111 Å². The van der Waals surface area contributed by atoms with E-state index in [2.05, 4.69) is 55.4 Å². The highest BCUT2D eigenvalue weighted by Crippen LogP contribution is 2.72. The average molecular weight is 469 g/mol. The van der Waals surface area contributed by atoms with Crippen molar-refractivity contribution in [3.05, 3.63) is 22.3 Å². The number of hydrogen-bond donors (Lipinski definition) is 1. The van der Waals surface area contributed by atoms with Crippen LogP contribution in [-0.2, 0) is 9.53 Å². The summed E-state index contributed by atoms with van der Waals surface area (Å²) >= 11 is 0. The molecule has 1 aliphatic heterocycles. The minimum Gasteiger partial charge on any atom is -0.458 e. The Morgan fingerprint density at radius 3 is 2.29 bits per heavy atom. The van der Waals surface area contributed by atoms with E-state index in [9.17, 15) is 9.90 Å². The summed E-state index contributed by atoms with van der Waals surface area (Å²) in [5, 5.41) is 10.8. The van der Waals surface area contributed by atoms with E-state index in [1.54, 1.807) is 11.1 Å². The Kier molecular flexibility index (Phi) is 5.57. The number of ether oxygens (including phenoxy) is 1. The molecule has 0 radical (unpaired) electrons. The minimum atomic E-state index is -0.182. The molecule has 190 valence electrons. The first-order chi connectivity index (χ1) is 15.8. The van der Waals surface area contributed by atoms with Crippen LogP contribution in [0.25, 0.3) is 0 Å². The number of carbonyl (C=O) groups is 1. The number of carbonyl (C=O) groups excluding carboxylic acids is 1.